The molecule has 0 saturated heterocycles. The van der Waals surface area contributed by atoms with Gasteiger partial charge in [-0.3, -0.25) is 4.79 Å². The van der Waals surface area contributed by atoms with Crippen LogP contribution in [0.2, 0.25) is 0 Å². The second-order valence-corrected chi connectivity index (χ2v) is 5.44. The number of amides is 1. The van der Waals surface area contributed by atoms with E-state index in [1.54, 1.807) is 0 Å². The summed E-state index contributed by atoms with van der Waals surface area (Å²) in [6.45, 7) is 7.20. The lowest BCUT2D eigenvalue weighted by Crippen LogP contribution is -2.25. The maximum Gasteiger partial charge on any atom is 0.253 e. The summed E-state index contributed by atoms with van der Waals surface area (Å²) < 4.78 is 0. The monoisotopic (exact) mass is 262 g/mol. The molecular formula is C16H26N2O. The SMILES string of the molecule is CNc1ccc(C)cc1C(=O)NCCCCC(C)C. The molecule has 1 aromatic rings. The van der Waals surface area contributed by atoms with Crippen LogP contribution in [0.25, 0.3) is 0 Å². The molecule has 0 aliphatic heterocycles. The van der Waals surface area contributed by atoms with Crippen molar-refractivity contribution in [3.05, 3.63) is 29.3 Å². The molecule has 0 aromatic heterocycles. The molecule has 0 fully saturated rings. The predicted molar refractivity (Wildman–Crippen MR) is 81.7 cm³/mol. The van der Waals surface area contributed by atoms with E-state index >= 15 is 0 Å². The smallest absolute Gasteiger partial charge is 0.253 e. The van der Waals surface area contributed by atoms with Gasteiger partial charge in [0.2, 0.25) is 0 Å². The number of hydrogen-bond acceptors (Lipinski definition) is 2. The number of aryl methyl sites for hydroxylation is 1. The molecular weight excluding hydrogens is 236 g/mol. The van der Waals surface area contributed by atoms with E-state index in [2.05, 4.69) is 24.5 Å². The fourth-order valence-corrected chi connectivity index (χ4v) is 2.04. The van der Waals surface area contributed by atoms with E-state index in [9.17, 15) is 4.79 Å². The van der Waals surface area contributed by atoms with Crippen LogP contribution in [-0.2, 0) is 0 Å². The average Bonchev–Trinajstić information content (AvgIpc) is 2.37. The van der Waals surface area contributed by atoms with Gasteiger partial charge in [0.25, 0.3) is 5.91 Å². The second-order valence-electron chi connectivity index (χ2n) is 5.44. The Morgan fingerprint density at radius 3 is 2.63 bits per heavy atom. The third-order valence-corrected chi connectivity index (χ3v) is 3.18. The van der Waals surface area contributed by atoms with E-state index in [-0.39, 0.29) is 5.91 Å². The molecule has 0 saturated carbocycles. The minimum atomic E-state index is 0.0117. The average molecular weight is 262 g/mol. The van der Waals surface area contributed by atoms with Crippen LogP contribution in [0, 0.1) is 12.8 Å². The van der Waals surface area contributed by atoms with E-state index < -0.39 is 0 Å². The summed E-state index contributed by atoms with van der Waals surface area (Å²) >= 11 is 0. The summed E-state index contributed by atoms with van der Waals surface area (Å²) in [7, 11) is 1.84. The zero-order chi connectivity index (χ0) is 14.3. The highest BCUT2D eigenvalue weighted by Crippen LogP contribution is 2.16. The topological polar surface area (TPSA) is 41.1 Å². The Kier molecular flexibility index (Phi) is 6.40. The lowest BCUT2D eigenvalue weighted by molar-refractivity contribution is 0.0953. The van der Waals surface area contributed by atoms with Gasteiger partial charge in [-0.25, -0.2) is 0 Å². The van der Waals surface area contributed by atoms with Crippen LogP contribution in [0.5, 0.6) is 0 Å². The van der Waals surface area contributed by atoms with Crippen molar-refractivity contribution in [2.75, 3.05) is 18.9 Å². The molecule has 0 aliphatic carbocycles. The third-order valence-electron chi connectivity index (χ3n) is 3.18. The first kappa shape index (κ1) is 15.5. The minimum Gasteiger partial charge on any atom is -0.387 e. The summed E-state index contributed by atoms with van der Waals surface area (Å²) in [5.41, 5.74) is 2.71. The van der Waals surface area contributed by atoms with Crippen molar-refractivity contribution < 1.29 is 4.79 Å². The molecule has 3 heteroatoms. The van der Waals surface area contributed by atoms with Crippen LogP contribution in [0.4, 0.5) is 5.69 Å². The molecule has 1 rings (SSSR count). The molecule has 1 aromatic carbocycles. The number of anilines is 1. The molecule has 19 heavy (non-hydrogen) atoms. The molecule has 0 aliphatic rings. The Morgan fingerprint density at radius 2 is 2.00 bits per heavy atom. The number of nitrogens with one attached hydrogen (secondary N) is 2. The molecule has 3 nitrogen and oxygen atoms in total. The van der Waals surface area contributed by atoms with Crippen LogP contribution < -0.4 is 10.6 Å². The van der Waals surface area contributed by atoms with Gasteiger partial charge in [0.1, 0.15) is 0 Å². The Labute approximate surface area is 116 Å². The van der Waals surface area contributed by atoms with Crippen LogP contribution >= 0.6 is 0 Å². The van der Waals surface area contributed by atoms with Gasteiger partial charge in [0.15, 0.2) is 0 Å². The van der Waals surface area contributed by atoms with Gasteiger partial charge < -0.3 is 10.6 Å². The van der Waals surface area contributed by atoms with Crippen molar-refractivity contribution in [1.29, 1.82) is 0 Å². The van der Waals surface area contributed by atoms with Crippen molar-refractivity contribution in [3.8, 4) is 0 Å². The highest BCUT2D eigenvalue weighted by atomic mass is 16.1. The number of unbranched alkanes of at least 4 members (excludes halogenated alkanes) is 1. The van der Waals surface area contributed by atoms with Crippen molar-refractivity contribution in [3.63, 3.8) is 0 Å². The summed E-state index contributed by atoms with van der Waals surface area (Å²) in [5, 5.41) is 6.06. The lowest BCUT2D eigenvalue weighted by atomic mass is 10.1. The van der Waals surface area contributed by atoms with E-state index in [4.69, 9.17) is 0 Å². The van der Waals surface area contributed by atoms with Crippen molar-refractivity contribution in [2.24, 2.45) is 5.92 Å². The van der Waals surface area contributed by atoms with Gasteiger partial charge in [0.05, 0.1) is 5.56 Å². The molecule has 0 atom stereocenters. The first-order chi connectivity index (χ1) is 9.04. The highest BCUT2D eigenvalue weighted by molar-refractivity contribution is 5.99. The minimum absolute atomic E-state index is 0.0117. The first-order valence-electron chi connectivity index (χ1n) is 7.11. The number of carbonyl (C=O) groups is 1. The number of rotatable bonds is 7. The summed E-state index contributed by atoms with van der Waals surface area (Å²) in [6.07, 6.45) is 3.44. The molecule has 2 N–H and O–H groups in total. The van der Waals surface area contributed by atoms with Crippen LogP contribution in [0.15, 0.2) is 18.2 Å². The Bertz CT molecular complexity index is 413. The summed E-state index contributed by atoms with van der Waals surface area (Å²) in [4.78, 5) is 12.1. The van der Waals surface area contributed by atoms with Gasteiger partial charge in [-0.15, -0.1) is 0 Å². The molecule has 0 radical (unpaired) electrons. The van der Waals surface area contributed by atoms with Crippen LogP contribution in [-0.4, -0.2) is 19.5 Å². The maximum atomic E-state index is 12.1. The second kappa shape index (κ2) is 7.82. The lowest BCUT2D eigenvalue weighted by Gasteiger charge is -2.11. The van der Waals surface area contributed by atoms with Crippen molar-refractivity contribution >= 4 is 11.6 Å². The molecule has 1 amide bonds. The van der Waals surface area contributed by atoms with Crippen LogP contribution in [0.1, 0.15) is 49.0 Å². The molecule has 106 valence electrons. The number of hydrogen-bond donors (Lipinski definition) is 2. The zero-order valence-electron chi connectivity index (χ0n) is 12.5. The van der Waals surface area contributed by atoms with Crippen molar-refractivity contribution in [2.45, 2.75) is 40.0 Å². The van der Waals surface area contributed by atoms with E-state index in [0.717, 1.165) is 35.7 Å². The van der Waals surface area contributed by atoms with Gasteiger partial charge >= 0.3 is 0 Å². The van der Waals surface area contributed by atoms with E-state index in [1.807, 2.05) is 32.2 Å². The standard InChI is InChI=1S/C16H26N2O/c1-12(2)7-5-6-10-18-16(19)14-11-13(3)8-9-15(14)17-4/h8-9,11-12,17H,5-7,10H2,1-4H3,(H,18,19). The number of carbonyl (C=O) groups excluding carboxylic acids is 1. The van der Waals surface area contributed by atoms with Crippen LogP contribution in [0.3, 0.4) is 0 Å². The molecule has 0 spiro atoms. The fraction of sp³-hybridized carbons (Fsp3) is 0.562. The van der Waals surface area contributed by atoms with E-state index in [1.165, 1.54) is 12.8 Å². The first-order valence-corrected chi connectivity index (χ1v) is 7.11. The summed E-state index contributed by atoms with van der Waals surface area (Å²) in [5.74, 6) is 0.751. The molecule has 0 bridgehead atoms. The van der Waals surface area contributed by atoms with Gasteiger partial charge in [0, 0.05) is 19.3 Å². The fourth-order valence-electron chi connectivity index (χ4n) is 2.04. The normalized spacial score (nSPS) is 10.6. The Balaban J connectivity index is 2.47. The zero-order valence-corrected chi connectivity index (χ0v) is 12.5. The van der Waals surface area contributed by atoms with Gasteiger partial charge in [-0.05, 0) is 31.4 Å². The predicted octanol–water partition coefficient (Wildman–Crippen LogP) is 3.59. The molecule has 0 unspecified atom stereocenters. The molecule has 0 heterocycles. The highest BCUT2D eigenvalue weighted by Gasteiger charge is 2.10. The Hall–Kier alpha value is -1.51. The largest absolute Gasteiger partial charge is 0.387 e. The number of benzene rings is 1. The van der Waals surface area contributed by atoms with Gasteiger partial charge in [-0.1, -0.05) is 38.3 Å². The third kappa shape index (κ3) is 5.33. The van der Waals surface area contributed by atoms with Crippen molar-refractivity contribution in [1.82, 2.24) is 5.32 Å². The van der Waals surface area contributed by atoms with E-state index in [0.29, 0.717) is 0 Å². The Morgan fingerprint density at radius 1 is 1.26 bits per heavy atom. The summed E-state index contributed by atoms with van der Waals surface area (Å²) in [6, 6.07) is 5.88. The quantitative estimate of drug-likeness (QED) is 0.737. The van der Waals surface area contributed by atoms with Gasteiger partial charge in [-0.2, -0.15) is 0 Å². The maximum absolute atomic E-state index is 12.1.